The van der Waals surface area contributed by atoms with E-state index in [9.17, 15) is 26.4 Å². The Balaban J connectivity index is 2.95. The molecule has 118 valence electrons. The van der Waals surface area contributed by atoms with Crippen molar-refractivity contribution < 1.29 is 26.4 Å². The van der Waals surface area contributed by atoms with Gasteiger partial charge in [0.2, 0.25) is 15.9 Å². The van der Waals surface area contributed by atoms with Crippen molar-refractivity contribution in [2.24, 2.45) is 0 Å². The highest BCUT2D eigenvalue weighted by Gasteiger charge is 2.32. The maximum Gasteiger partial charge on any atom is 0.416 e. The van der Waals surface area contributed by atoms with E-state index in [1.807, 2.05) is 0 Å². The van der Waals surface area contributed by atoms with Crippen LogP contribution in [-0.4, -0.2) is 27.4 Å². The van der Waals surface area contributed by atoms with Gasteiger partial charge in [0.05, 0.1) is 10.6 Å². The monoisotopic (exact) mass is 344 g/mol. The minimum Gasteiger partial charge on any atom is -0.355 e. The molecule has 0 fully saturated rings. The molecule has 1 aromatic carbocycles. The summed E-state index contributed by atoms with van der Waals surface area (Å²) in [6.07, 6.45) is -4.68. The van der Waals surface area contributed by atoms with Crippen molar-refractivity contribution in [2.45, 2.75) is 18.0 Å². The van der Waals surface area contributed by atoms with Crippen molar-refractivity contribution in [3.8, 4) is 0 Å². The molecule has 0 aliphatic rings. The van der Waals surface area contributed by atoms with Crippen molar-refractivity contribution in [1.82, 2.24) is 10.0 Å². The van der Waals surface area contributed by atoms with E-state index in [1.165, 1.54) is 6.92 Å². The average Bonchev–Trinajstić information content (AvgIpc) is 2.33. The van der Waals surface area contributed by atoms with Gasteiger partial charge >= 0.3 is 6.18 Å². The summed E-state index contributed by atoms with van der Waals surface area (Å²) in [5.41, 5.74) is -1.12. The van der Waals surface area contributed by atoms with Crippen molar-refractivity contribution in [2.75, 3.05) is 13.1 Å². The predicted molar refractivity (Wildman–Crippen MR) is 70.3 cm³/mol. The van der Waals surface area contributed by atoms with Crippen molar-refractivity contribution in [1.29, 1.82) is 0 Å². The van der Waals surface area contributed by atoms with Crippen LogP contribution in [0.4, 0.5) is 13.2 Å². The lowest BCUT2D eigenvalue weighted by Gasteiger charge is -2.12. The fourth-order valence-corrected chi connectivity index (χ4v) is 2.94. The van der Waals surface area contributed by atoms with E-state index in [1.54, 1.807) is 0 Å². The van der Waals surface area contributed by atoms with Gasteiger partial charge in [0, 0.05) is 20.0 Å². The number of hydrogen-bond donors (Lipinski definition) is 2. The van der Waals surface area contributed by atoms with Crippen LogP contribution in [0.5, 0.6) is 0 Å². The van der Waals surface area contributed by atoms with Gasteiger partial charge in [-0.3, -0.25) is 4.79 Å². The van der Waals surface area contributed by atoms with Gasteiger partial charge in [0.1, 0.15) is 4.90 Å². The molecule has 0 spiro atoms. The lowest BCUT2D eigenvalue weighted by atomic mass is 10.2. The lowest BCUT2D eigenvalue weighted by Crippen LogP contribution is -2.33. The Bertz CT molecular complexity index is 632. The third-order valence-corrected chi connectivity index (χ3v) is 4.28. The summed E-state index contributed by atoms with van der Waals surface area (Å²) < 4.78 is 63.6. The zero-order valence-electron chi connectivity index (χ0n) is 10.8. The first-order valence-electron chi connectivity index (χ1n) is 5.65. The Kier molecular flexibility index (Phi) is 5.60. The summed E-state index contributed by atoms with van der Waals surface area (Å²) in [5.74, 6) is -0.355. The fraction of sp³-hybridized carbons (Fsp3) is 0.364. The SMILES string of the molecule is CC(=O)NCCNS(=O)(=O)c1cc(C(F)(F)F)ccc1Cl. The number of hydrogen-bond acceptors (Lipinski definition) is 3. The van der Waals surface area contributed by atoms with E-state index in [-0.39, 0.29) is 24.0 Å². The average molecular weight is 345 g/mol. The van der Waals surface area contributed by atoms with E-state index in [0.717, 1.165) is 6.07 Å². The molecule has 21 heavy (non-hydrogen) atoms. The number of rotatable bonds is 5. The molecule has 1 amide bonds. The van der Waals surface area contributed by atoms with E-state index >= 15 is 0 Å². The molecule has 0 atom stereocenters. The molecule has 0 aliphatic carbocycles. The minimum absolute atomic E-state index is 0.00510. The summed E-state index contributed by atoms with van der Waals surface area (Å²) in [4.78, 5) is 9.95. The fourth-order valence-electron chi connectivity index (χ4n) is 1.39. The minimum atomic E-state index is -4.68. The summed E-state index contributed by atoms with van der Waals surface area (Å²) in [7, 11) is -4.20. The van der Waals surface area contributed by atoms with Gasteiger partial charge in [-0.2, -0.15) is 13.2 Å². The van der Waals surface area contributed by atoms with Crippen LogP contribution >= 0.6 is 11.6 Å². The highest BCUT2D eigenvalue weighted by molar-refractivity contribution is 7.89. The molecule has 5 nitrogen and oxygen atoms in total. The maximum absolute atomic E-state index is 12.6. The molecule has 0 saturated carbocycles. The highest BCUT2D eigenvalue weighted by atomic mass is 35.5. The van der Waals surface area contributed by atoms with Crippen LogP contribution in [0.2, 0.25) is 5.02 Å². The van der Waals surface area contributed by atoms with Crippen LogP contribution in [-0.2, 0) is 21.0 Å². The summed E-state index contributed by atoms with van der Waals surface area (Å²) in [6, 6.07) is 2.02. The van der Waals surface area contributed by atoms with E-state index in [4.69, 9.17) is 11.6 Å². The van der Waals surface area contributed by atoms with Crippen molar-refractivity contribution in [3.05, 3.63) is 28.8 Å². The number of carbonyl (C=O) groups is 1. The first kappa shape index (κ1) is 17.7. The number of alkyl halides is 3. The zero-order chi connectivity index (χ0) is 16.3. The number of sulfonamides is 1. The second kappa shape index (κ2) is 6.63. The molecule has 0 unspecified atom stereocenters. The molecule has 0 aromatic heterocycles. The molecule has 0 bridgehead atoms. The Hall–Kier alpha value is -1.32. The summed E-state index contributed by atoms with van der Waals surface area (Å²) in [6.45, 7) is 1.08. The van der Waals surface area contributed by atoms with Gasteiger partial charge in [0.15, 0.2) is 0 Å². The Morgan fingerprint density at radius 2 is 1.90 bits per heavy atom. The number of carbonyl (C=O) groups excluding carboxylic acids is 1. The van der Waals surface area contributed by atoms with E-state index in [0.29, 0.717) is 12.1 Å². The molecule has 0 heterocycles. The topological polar surface area (TPSA) is 75.3 Å². The standard InChI is InChI=1S/C11H12ClF3N2O3S/c1-7(18)16-4-5-17-21(19,20)10-6-8(11(13,14)15)2-3-9(10)12/h2-3,6,17H,4-5H2,1H3,(H,16,18). The molecule has 1 rings (SSSR count). The second-order valence-electron chi connectivity index (χ2n) is 4.02. The molecule has 1 aromatic rings. The first-order valence-corrected chi connectivity index (χ1v) is 7.51. The van der Waals surface area contributed by atoms with Crippen LogP contribution in [0, 0.1) is 0 Å². The smallest absolute Gasteiger partial charge is 0.355 e. The molecule has 0 radical (unpaired) electrons. The third kappa shape index (κ3) is 5.18. The Morgan fingerprint density at radius 1 is 1.29 bits per heavy atom. The number of amides is 1. The van der Waals surface area contributed by atoms with Gasteiger partial charge in [-0.05, 0) is 18.2 Å². The highest BCUT2D eigenvalue weighted by Crippen LogP contribution is 2.33. The Labute approximate surface area is 124 Å². The Morgan fingerprint density at radius 3 is 2.43 bits per heavy atom. The largest absolute Gasteiger partial charge is 0.416 e. The van der Waals surface area contributed by atoms with Gasteiger partial charge < -0.3 is 5.32 Å². The number of benzene rings is 1. The molecule has 0 saturated heterocycles. The van der Waals surface area contributed by atoms with Crippen LogP contribution in [0.3, 0.4) is 0 Å². The van der Waals surface area contributed by atoms with Gasteiger partial charge in [-0.1, -0.05) is 11.6 Å². The number of nitrogens with one attached hydrogen (secondary N) is 2. The maximum atomic E-state index is 12.6. The van der Waals surface area contributed by atoms with E-state index in [2.05, 4.69) is 10.0 Å². The molecular formula is C11H12ClF3N2O3S. The quantitative estimate of drug-likeness (QED) is 0.799. The normalized spacial score (nSPS) is 12.2. The molecule has 2 N–H and O–H groups in total. The second-order valence-corrected chi connectivity index (χ2v) is 6.17. The van der Waals surface area contributed by atoms with Crippen molar-refractivity contribution in [3.63, 3.8) is 0 Å². The number of halogens is 4. The predicted octanol–water partition coefficient (Wildman–Crippen LogP) is 1.77. The first-order chi connectivity index (χ1) is 9.54. The molecule has 10 heteroatoms. The van der Waals surface area contributed by atoms with Gasteiger partial charge in [-0.25, -0.2) is 13.1 Å². The van der Waals surface area contributed by atoms with Crippen LogP contribution in [0.1, 0.15) is 12.5 Å². The zero-order valence-corrected chi connectivity index (χ0v) is 12.4. The summed E-state index contributed by atoms with van der Waals surface area (Å²) >= 11 is 5.64. The third-order valence-electron chi connectivity index (χ3n) is 2.34. The molecular weight excluding hydrogens is 333 g/mol. The van der Waals surface area contributed by atoms with E-state index < -0.39 is 26.7 Å². The lowest BCUT2D eigenvalue weighted by molar-refractivity contribution is -0.137. The summed E-state index contributed by atoms with van der Waals surface area (Å²) in [5, 5.41) is 2.02. The van der Waals surface area contributed by atoms with Crippen LogP contribution < -0.4 is 10.0 Å². The molecule has 0 aliphatic heterocycles. The van der Waals surface area contributed by atoms with Gasteiger partial charge in [0.25, 0.3) is 0 Å². The van der Waals surface area contributed by atoms with Crippen LogP contribution in [0.25, 0.3) is 0 Å². The van der Waals surface area contributed by atoms with Gasteiger partial charge in [-0.15, -0.1) is 0 Å². The van der Waals surface area contributed by atoms with Crippen molar-refractivity contribution >= 4 is 27.5 Å². The van der Waals surface area contributed by atoms with Crippen LogP contribution in [0.15, 0.2) is 23.1 Å².